The average molecular weight is 545 g/mol. The van der Waals surface area contributed by atoms with Gasteiger partial charge in [-0.1, -0.05) is 65.7 Å². The molecule has 8 heteroatoms. The molecule has 0 aliphatic rings. The van der Waals surface area contributed by atoms with Gasteiger partial charge in [-0.25, -0.2) is 8.42 Å². The van der Waals surface area contributed by atoms with Crippen LogP contribution in [0.3, 0.4) is 0 Å². The standard InChI is InChI=1S/C26H29BrN2O4S/c1-19(2)24-6-4-5-7-25(24)33-17-16-28-26(30)18-29(22-12-10-21(27)11-13-22)34(31,32)23-14-8-20(3)9-15-23/h4-15,19H,16-18H2,1-3H3,(H,28,30). The number of hydrogen-bond donors (Lipinski definition) is 1. The van der Waals surface area contributed by atoms with E-state index in [2.05, 4.69) is 35.1 Å². The first-order valence-corrected chi connectivity index (χ1v) is 13.2. The summed E-state index contributed by atoms with van der Waals surface area (Å²) in [6.07, 6.45) is 0. The summed E-state index contributed by atoms with van der Waals surface area (Å²) < 4.78 is 34.6. The Kier molecular flexibility index (Phi) is 8.74. The molecule has 3 rings (SSSR count). The van der Waals surface area contributed by atoms with E-state index in [0.717, 1.165) is 25.7 Å². The quantitative estimate of drug-likeness (QED) is 0.352. The Labute approximate surface area is 210 Å². The van der Waals surface area contributed by atoms with Crippen molar-refractivity contribution in [3.63, 3.8) is 0 Å². The van der Waals surface area contributed by atoms with E-state index in [1.165, 1.54) is 0 Å². The van der Waals surface area contributed by atoms with E-state index in [4.69, 9.17) is 4.74 Å². The molecule has 6 nitrogen and oxygen atoms in total. The summed E-state index contributed by atoms with van der Waals surface area (Å²) in [6.45, 7) is 6.26. The predicted molar refractivity (Wildman–Crippen MR) is 139 cm³/mol. The lowest BCUT2D eigenvalue weighted by molar-refractivity contribution is -0.119. The number of halogens is 1. The maximum atomic E-state index is 13.4. The van der Waals surface area contributed by atoms with Crippen molar-refractivity contribution in [1.29, 1.82) is 0 Å². The smallest absolute Gasteiger partial charge is 0.264 e. The molecule has 0 bridgehead atoms. The summed E-state index contributed by atoms with van der Waals surface area (Å²) in [6, 6.07) is 21.2. The Morgan fingerprint density at radius 1 is 1.00 bits per heavy atom. The molecule has 1 N–H and O–H groups in total. The maximum absolute atomic E-state index is 13.4. The maximum Gasteiger partial charge on any atom is 0.264 e. The van der Waals surface area contributed by atoms with Gasteiger partial charge in [0.05, 0.1) is 17.1 Å². The van der Waals surface area contributed by atoms with E-state index < -0.39 is 15.9 Å². The molecule has 3 aromatic carbocycles. The van der Waals surface area contributed by atoms with Crippen molar-refractivity contribution in [3.05, 3.63) is 88.4 Å². The number of aryl methyl sites for hydroxylation is 1. The van der Waals surface area contributed by atoms with Gasteiger partial charge in [0, 0.05) is 4.47 Å². The van der Waals surface area contributed by atoms with Crippen LogP contribution in [0.2, 0.25) is 0 Å². The SMILES string of the molecule is Cc1ccc(S(=O)(=O)N(CC(=O)NCCOc2ccccc2C(C)C)c2ccc(Br)cc2)cc1. The van der Waals surface area contributed by atoms with Crippen molar-refractivity contribution in [2.45, 2.75) is 31.6 Å². The van der Waals surface area contributed by atoms with Gasteiger partial charge in [0.15, 0.2) is 0 Å². The van der Waals surface area contributed by atoms with E-state index in [-0.39, 0.29) is 24.6 Å². The van der Waals surface area contributed by atoms with Gasteiger partial charge in [0.1, 0.15) is 18.9 Å². The fraction of sp³-hybridized carbons (Fsp3) is 0.269. The highest BCUT2D eigenvalue weighted by molar-refractivity contribution is 9.10. The second-order valence-corrected chi connectivity index (χ2v) is 11.0. The molecule has 0 aromatic heterocycles. The van der Waals surface area contributed by atoms with Crippen LogP contribution in [0.15, 0.2) is 82.2 Å². The zero-order chi connectivity index (χ0) is 24.7. The Morgan fingerprint density at radius 2 is 1.65 bits per heavy atom. The van der Waals surface area contributed by atoms with Crippen LogP contribution >= 0.6 is 15.9 Å². The molecule has 0 spiro atoms. The molecule has 3 aromatic rings. The third-order valence-corrected chi connectivity index (χ3v) is 7.55. The van der Waals surface area contributed by atoms with E-state index in [0.29, 0.717) is 11.6 Å². The van der Waals surface area contributed by atoms with Crippen LogP contribution in [-0.2, 0) is 14.8 Å². The minimum Gasteiger partial charge on any atom is -0.491 e. The number of sulfonamides is 1. The molecule has 0 aliphatic heterocycles. The first-order valence-electron chi connectivity index (χ1n) is 11.0. The molecule has 34 heavy (non-hydrogen) atoms. The van der Waals surface area contributed by atoms with Gasteiger partial charge >= 0.3 is 0 Å². The molecule has 0 atom stereocenters. The van der Waals surface area contributed by atoms with E-state index in [1.807, 2.05) is 31.2 Å². The fourth-order valence-corrected chi connectivity index (χ4v) is 5.07. The van der Waals surface area contributed by atoms with Crippen LogP contribution < -0.4 is 14.4 Å². The molecular weight excluding hydrogens is 516 g/mol. The van der Waals surface area contributed by atoms with Gasteiger partial charge in [-0.15, -0.1) is 0 Å². The first kappa shape index (κ1) is 25.8. The number of ether oxygens (including phenoxy) is 1. The molecule has 0 heterocycles. The van der Waals surface area contributed by atoms with Crippen LogP contribution in [0.4, 0.5) is 5.69 Å². The predicted octanol–water partition coefficient (Wildman–Crippen LogP) is 5.27. The molecule has 0 radical (unpaired) electrons. The minimum atomic E-state index is -3.94. The molecular formula is C26H29BrN2O4S. The van der Waals surface area contributed by atoms with Gasteiger partial charge in [-0.2, -0.15) is 0 Å². The average Bonchev–Trinajstić information content (AvgIpc) is 2.81. The third kappa shape index (κ3) is 6.61. The Balaban J connectivity index is 1.69. The Hall–Kier alpha value is -2.84. The van der Waals surface area contributed by atoms with Gasteiger partial charge < -0.3 is 10.1 Å². The lowest BCUT2D eigenvalue weighted by Crippen LogP contribution is -2.41. The number of hydrogen-bond acceptors (Lipinski definition) is 4. The molecule has 0 saturated heterocycles. The summed E-state index contributed by atoms with van der Waals surface area (Å²) in [5.74, 6) is 0.682. The number of carbonyl (C=O) groups excluding carboxylic acids is 1. The number of nitrogens with zero attached hydrogens (tertiary/aromatic N) is 1. The molecule has 0 saturated carbocycles. The van der Waals surface area contributed by atoms with Gasteiger partial charge in [-0.3, -0.25) is 9.10 Å². The number of benzene rings is 3. The summed E-state index contributed by atoms with van der Waals surface area (Å²) in [4.78, 5) is 12.9. The number of nitrogens with one attached hydrogen (secondary N) is 1. The molecule has 0 fully saturated rings. The highest BCUT2D eigenvalue weighted by atomic mass is 79.9. The van der Waals surface area contributed by atoms with Crippen molar-refractivity contribution < 1.29 is 17.9 Å². The number of carbonyl (C=O) groups is 1. The van der Waals surface area contributed by atoms with Crippen LogP contribution in [0.1, 0.15) is 30.9 Å². The van der Waals surface area contributed by atoms with Crippen molar-refractivity contribution in [1.82, 2.24) is 5.32 Å². The van der Waals surface area contributed by atoms with E-state index in [1.54, 1.807) is 48.5 Å². The molecule has 0 aliphatic carbocycles. The first-order chi connectivity index (χ1) is 16.2. The zero-order valence-electron chi connectivity index (χ0n) is 19.5. The topological polar surface area (TPSA) is 75.7 Å². The van der Waals surface area contributed by atoms with Gasteiger partial charge in [0.2, 0.25) is 5.91 Å². The molecule has 1 amide bonds. The second-order valence-electron chi connectivity index (χ2n) is 8.19. The minimum absolute atomic E-state index is 0.127. The van der Waals surface area contributed by atoms with Gasteiger partial charge in [-0.05, 0) is 60.9 Å². The van der Waals surface area contributed by atoms with Crippen molar-refractivity contribution in [2.75, 3.05) is 24.0 Å². The van der Waals surface area contributed by atoms with Crippen molar-refractivity contribution in [2.24, 2.45) is 0 Å². The highest BCUT2D eigenvalue weighted by Crippen LogP contribution is 2.26. The van der Waals surface area contributed by atoms with Crippen LogP contribution in [0.5, 0.6) is 5.75 Å². The van der Waals surface area contributed by atoms with Crippen LogP contribution in [0, 0.1) is 6.92 Å². The lowest BCUT2D eigenvalue weighted by atomic mass is 10.0. The number of anilines is 1. The number of para-hydroxylation sites is 1. The zero-order valence-corrected chi connectivity index (χ0v) is 21.9. The summed E-state index contributed by atoms with van der Waals surface area (Å²) in [5.41, 5.74) is 2.45. The molecule has 0 unspecified atom stereocenters. The molecule has 180 valence electrons. The van der Waals surface area contributed by atoms with E-state index in [9.17, 15) is 13.2 Å². The van der Waals surface area contributed by atoms with Crippen molar-refractivity contribution in [3.8, 4) is 5.75 Å². The lowest BCUT2D eigenvalue weighted by Gasteiger charge is -2.24. The summed E-state index contributed by atoms with van der Waals surface area (Å²) in [7, 11) is -3.94. The summed E-state index contributed by atoms with van der Waals surface area (Å²) in [5, 5.41) is 2.77. The fourth-order valence-electron chi connectivity index (χ4n) is 3.39. The largest absolute Gasteiger partial charge is 0.491 e. The van der Waals surface area contributed by atoms with Crippen molar-refractivity contribution >= 4 is 37.5 Å². The summed E-state index contributed by atoms with van der Waals surface area (Å²) >= 11 is 3.36. The van der Waals surface area contributed by atoms with E-state index >= 15 is 0 Å². The highest BCUT2D eigenvalue weighted by Gasteiger charge is 2.27. The number of rotatable bonds is 10. The van der Waals surface area contributed by atoms with Crippen LogP contribution in [-0.4, -0.2) is 34.0 Å². The third-order valence-electron chi connectivity index (χ3n) is 5.23. The monoisotopic (exact) mass is 544 g/mol. The second kappa shape index (κ2) is 11.5. The Bertz CT molecular complexity index is 1210. The normalized spacial score (nSPS) is 11.3. The van der Waals surface area contributed by atoms with Gasteiger partial charge in [0.25, 0.3) is 10.0 Å². The Morgan fingerprint density at radius 3 is 2.29 bits per heavy atom. The van der Waals surface area contributed by atoms with Crippen LogP contribution in [0.25, 0.3) is 0 Å². The number of amides is 1.